The van der Waals surface area contributed by atoms with Crippen molar-refractivity contribution in [3.63, 3.8) is 0 Å². The molecule has 0 aliphatic carbocycles. The minimum atomic E-state index is -0.0988. The lowest BCUT2D eigenvalue weighted by atomic mass is 9.66. The fraction of sp³-hybridized carbons (Fsp3) is 0.846. The number of amides is 2. The van der Waals surface area contributed by atoms with Crippen molar-refractivity contribution in [3.05, 3.63) is 0 Å². The van der Waals surface area contributed by atoms with E-state index in [4.69, 9.17) is 0 Å². The van der Waals surface area contributed by atoms with Crippen molar-refractivity contribution >= 4 is 11.8 Å². The summed E-state index contributed by atoms with van der Waals surface area (Å²) < 4.78 is 0. The maximum absolute atomic E-state index is 12.1. The molecule has 0 aromatic heterocycles. The summed E-state index contributed by atoms with van der Waals surface area (Å²) in [5.74, 6) is 0.349. The normalized spacial score (nSPS) is 34.7. The smallest absolute Gasteiger partial charge is 0.230 e. The standard InChI is InChI=1S/C13H22N2O2/c1-9(2)6-10-12(17)14-11(16)7-13(10)4-5-15(3)8-13/h9-10H,4-8H2,1-3H3,(H,14,16,17). The van der Waals surface area contributed by atoms with Gasteiger partial charge in [-0.25, -0.2) is 0 Å². The number of carbonyl (C=O) groups excluding carboxylic acids is 2. The van der Waals surface area contributed by atoms with Crippen LogP contribution in [0.4, 0.5) is 0 Å². The average molecular weight is 238 g/mol. The van der Waals surface area contributed by atoms with E-state index in [2.05, 4.69) is 31.1 Å². The van der Waals surface area contributed by atoms with Crippen molar-refractivity contribution in [2.75, 3.05) is 20.1 Å². The van der Waals surface area contributed by atoms with Gasteiger partial charge >= 0.3 is 0 Å². The maximum atomic E-state index is 12.1. The molecule has 2 rings (SSSR count). The van der Waals surface area contributed by atoms with Crippen molar-refractivity contribution in [1.29, 1.82) is 0 Å². The predicted molar refractivity (Wildman–Crippen MR) is 65.3 cm³/mol. The van der Waals surface area contributed by atoms with Crippen molar-refractivity contribution in [2.24, 2.45) is 17.3 Å². The van der Waals surface area contributed by atoms with Gasteiger partial charge in [0.05, 0.1) is 0 Å². The fourth-order valence-electron chi connectivity index (χ4n) is 3.36. The van der Waals surface area contributed by atoms with E-state index in [1.54, 1.807) is 0 Å². The van der Waals surface area contributed by atoms with Crippen LogP contribution in [0.2, 0.25) is 0 Å². The molecule has 2 saturated heterocycles. The summed E-state index contributed by atoms with van der Waals surface area (Å²) in [6.45, 7) is 6.14. The van der Waals surface area contributed by atoms with Gasteiger partial charge in [-0.05, 0) is 32.4 Å². The Labute approximate surface area is 103 Å². The molecule has 0 radical (unpaired) electrons. The first-order valence-electron chi connectivity index (χ1n) is 6.45. The van der Waals surface area contributed by atoms with E-state index < -0.39 is 0 Å². The highest BCUT2D eigenvalue weighted by Gasteiger charge is 2.51. The van der Waals surface area contributed by atoms with Crippen LogP contribution in [-0.4, -0.2) is 36.9 Å². The summed E-state index contributed by atoms with van der Waals surface area (Å²) >= 11 is 0. The van der Waals surface area contributed by atoms with Crippen LogP contribution in [0.1, 0.15) is 33.1 Å². The molecule has 0 aromatic carbocycles. The van der Waals surface area contributed by atoms with E-state index in [0.717, 1.165) is 25.9 Å². The molecule has 0 bridgehead atoms. The quantitative estimate of drug-likeness (QED) is 0.731. The molecule has 96 valence electrons. The molecule has 2 atom stereocenters. The summed E-state index contributed by atoms with van der Waals surface area (Å²) in [4.78, 5) is 25.9. The van der Waals surface area contributed by atoms with Crippen LogP contribution in [0.25, 0.3) is 0 Å². The van der Waals surface area contributed by atoms with Gasteiger partial charge in [0.25, 0.3) is 0 Å². The molecule has 2 fully saturated rings. The van der Waals surface area contributed by atoms with E-state index in [0.29, 0.717) is 12.3 Å². The second-order valence-electron chi connectivity index (χ2n) is 6.12. The zero-order chi connectivity index (χ0) is 12.6. The molecule has 1 spiro atoms. The Hall–Kier alpha value is -0.900. The summed E-state index contributed by atoms with van der Waals surface area (Å²) in [7, 11) is 2.07. The van der Waals surface area contributed by atoms with Crippen LogP contribution in [0.5, 0.6) is 0 Å². The lowest BCUT2D eigenvalue weighted by Crippen LogP contribution is -2.53. The van der Waals surface area contributed by atoms with Gasteiger partial charge in [-0.2, -0.15) is 0 Å². The van der Waals surface area contributed by atoms with E-state index in [1.165, 1.54) is 0 Å². The van der Waals surface area contributed by atoms with Gasteiger partial charge < -0.3 is 4.90 Å². The monoisotopic (exact) mass is 238 g/mol. The summed E-state index contributed by atoms with van der Waals surface area (Å²) in [5.41, 5.74) is -0.0988. The number of nitrogens with one attached hydrogen (secondary N) is 1. The maximum Gasteiger partial charge on any atom is 0.230 e. The molecular weight excluding hydrogens is 216 g/mol. The number of carbonyl (C=O) groups is 2. The number of nitrogens with zero attached hydrogens (tertiary/aromatic N) is 1. The third-order valence-electron chi connectivity index (χ3n) is 4.11. The SMILES string of the molecule is CC(C)CC1C(=O)NC(=O)CC12CCN(C)C2. The minimum Gasteiger partial charge on any atom is -0.306 e. The first-order valence-corrected chi connectivity index (χ1v) is 6.45. The van der Waals surface area contributed by atoms with Gasteiger partial charge in [0.2, 0.25) is 11.8 Å². The number of hydrogen-bond donors (Lipinski definition) is 1. The van der Waals surface area contributed by atoms with Crippen LogP contribution in [0.3, 0.4) is 0 Å². The average Bonchev–Trinajstić information content (AvgIpc) is 2.54. The molecule has 4 nitrogen and oxygen atoms in total. The molecule has 2 aliphatic heterocycles. The van der Waals surface area contributed by atoms with E-state index in [9.17, 15) is 9.59 Å². The van der Waals surface area contributed by atoms with E-state index >= 15 is 0 Å². The summed E-state index contributed by atoms with van der Waals surface area (Å²) in [6, 6.07) is 0. The van der Waals surface area contributed by atoms with Crippen LogP contribution in [0, 0.1) is 17.3 Å². The largest absolute Gasteiger partial charge is 0.306 e. The van der Waals surface area contributed by atoms with Gasteiger partial charge in [-0.15, -0.1) is 0 Å². The molecule has 1 N–H and O–H groups in total. The van der Waals surface area contributed by atoms with E-state index in [-0.39, 0.29) is 23.1 Å². The number of rotatable bonds is 2. The van der Waals surface area contributed by atoms with Crippen LogP contribution in [-0.2, 0) is 9.59 Å². The second-order valence-corrected chi connectivity index (χ2v) is 6.12. The Bertz CT molecular complexity index is 340. The summed E-state index contributed by atoms with van der Waals surface area (Å²) in [6.07, 6.45) is 2.37. The molecule has 2 amide bonds. The molecule has 0 saturated carbocycles. The topological polar surface area (TPSA) is 49.4 Å². The fourth-order valence-corrected chi connectivity index (χ4v) is 3.36. The lowest BCUT2D eigenvalue weighted by Gasteiger charge is -2.40. The Morgan fingerprint density at radius 2 is 2.18 bits per heavy atom. The highest BCUT2D eigenvalue weighted by molar-refractivity contribution is 5.99. The number of likely N-dealkylation sites (tertiary alicyclic amines) is 1. The van der Waals surface area contributed by atoms with Gasteiger partial charge in [-0.3, -0.25) is 14.9 Å². The van der Waals surface area contributed by atoms with Crippen molar-refractivity contribution in [2.45, 2.75) is 33.1 Å². The highest BCUT2D eigenvalue weighted by atomic mass is 16.2. The summed E-state index contributed by atoms with van der Waals surface area (Å²) in [5, 5.41) is 2.50. The number of imide groups is 1. The molecular formula is C13H22N2O2. The highest BCUT2D eigenvalue weighted by Crippen LogP contribution is 2.45. The van der Waals surface area contributed by atoms with Gasteiger partial charge in [-0.1, -0.05) is 13.8 Å². The van der Waals surface area contributed by atoms with Crippen LogP contribution in [0.15, 0.2) is 0 Å². The minimum absolute atomic E-state index is 0.00477. The van der Waals surface area contributed by atoms with Crippen LogP contribution < -0.4 is 5.32 Å². The first-order chi connectivity index (χ1) is 7.93. The molecule has 17 heavy (non-hydrogen) atoms. The van der Waals surface area contributed by atoms with Gasteiger partial charge in [0, 0.05) is 24.3 Å². The molecule has 4 heteroatoms. The van der Waals surface area contributed by atoms with Crippen molar-refractivity contribution in [3.8, 4) is 0 Å². The first kappa shape index (κ1) is 12.6. The van der Waals surface area contributed by atoms with Gasteiger partial charge in [0.1, 0.15) is 0 Å². The Morgan fingerprint density at radius 1 is 1.47 bits per heavy atom. The van der Waals surface area contributed by atoms with E-state index in [1.807, 2.05) is 0 Å². The van der Waals surface area contributed by atoms with Gasteiger partial charge in [0.15, 0.2) is 0 Å². The van der Waals surface area contributed by atoms with Crippen LogP contribution >= 0.6 is 0 Å². The Morgan fingerprint density at radius 3 is 2.71 bits per heavy atom. The zero-order valence-corrected chi connectivity index (χ0v) is 11.0. The third-order valence-corrected chi connectivity index (χ3v) is 4.11. The zero-order valence-electron chi connectivity index (χ0n) is 11.0. The third kappa shape index (κ3) is 2.37. The Kier molecular flexibility index (Phi) is 3.25. The number of hydrogen-bond acceptors (Lipinski definition) is 3. The molecule has 2 unspecified atom stereocenters. The molecule has 0 aromatic rings. The number of piperidine rings is 1. The Balaban J connectivity index is 2.24. The van der Waals surface area contributed by atoms with Crippen molar-refractivity contribution < 1.29 is 9.59 Å². The lowest BCUT2D eigenvalue weighted by molar-refractivity contribution is -0.144. The molecule has 2 heterocycles. The predicted octanol–water partition coefficient (Wildman–Crippen LogP) is 1.02. The second kappa shape index (κ2) is 4.41. The van der Waals surface area contributed by atoms with Crippen molar-refractivity contribution in [1.82, 2.24) is 10.2 Å². The molecule has 2 aliphatic rings.